The number of unbranched alkanes of at least 4 members (excludes halogenated alkanes) is 29. The number of amides is 1. The third-order valence-corrected chi connectivity index (χ3v) is 17.7. The van der Waals surface area contributed by atoms with E-state index < -0.39 is 124 Å². The van der Waals surface area contributed by atoms with Crippen LogP contribution in [0.3, 0.4) is 0 Å². The number of hydrogen-bond donors (Lipinski definition) is 12. The molecule has 3 aliphatic rings. The first-order valence-electron chi connectivity index (χ1n) is 36.2. The van der Waals surface area contributed by atoms with Gasteiger partial charge in [0.15, 0.2) is 18.9 Å². The van der Waals surface area contributed by atoms with Crippen LogP contribution in [-0.4, -0.2) is 193 Å². The first kappa shape index (κ1) is 83.5. The van der Waals surface area contributed by atoms with Crippen LogP contribution in [0, 0.1) is 0 Å². The average molecular weight is 1310 g/mol. The molecule has 0 bridgehead atoms. The minimum atomic E-state index is -1.98. The highest BCUT2D eigenvalue weighted by Gasteiger charge is 2.53. The van der Waals surface area contributed by atoms with Crippen molar-refractivity contribution in [2.75, 3.05) is 26.4 Å². The molecule has 92 heavy (non-hydrogen) atoms. The second-order valence-corrected chi connectivity index (χ2v) is 25.6. The summed E-state index contributed by atoms with van der Waals surface area (Å²) < 4.78 is 34.2. The van der Waals surface area contributed by atoms with Crippen molar-refractivity contribution in [2.45, 2.75) is 356 Å². The highest BCUT2D eigenvalue weighted by molar-refractivity contribution is 5.76. The van der Waals surface area contributed by atoms with Gasteiger partial charge in [-0.25, -0.2) is 0 Å². The quantitative estimate of drug-likeness (QED) is 0.0199. The number of carbonyl (C=O) groups excluding carboxylic acids is 1. The van der Waals surface area contributed by atoms with Crippen LogP contribution >= 0.6 is 0 Å². The molecule has 3 saturated heterocycles. The van der Waals surface area contributed by atoms with Crippen LogP contribution in [0.25, 0.3) is 0 Å². The van der Waals surface area contributed by atoms with Gasteiger partial charge in [0.2, 0.25) is 5.91 Å². The summed E-state index contributed by atoms with van der Waals surface area (Å²) in [6, 6.07) is -0.996. The molecule has 17 unspecified atom stereocenters. The highest BCUT2D eigenvalue weighted by atomic mass is 16.8. The summed E-state index contributed by atoms with van der Waals surface area (Å²) in [4.78, 5) is 13.4. The molecule has 0 aromatic rings. The van der Waals surface area contributed by atoms with Crippen LogP contribution in [0.5, 0.6) is 0 Å². The molecule has 534 valence electrons. The van der Waals surface area contributed by atoms with Crippen LogP contribution in [0.15, 0.2) is 72.9 Å². The van der Waals surface area contributed by atoms with Crippen molar-refractivity contribution in [3.05, 3.63) is 72.9 Å². The smallest absolute Gasteiger partial charge is 0.220 e. The van der Waals surface area contributed by atoms with Gasteiger partial charge in [0.05, 0.1) is 38.6 Å². The van der Waals surface area contributed by atoms with Crippen LogP contribution in [0.1, 0.15) is 251 Å². The van der Waals surface area contributed by atoms with Gasteiger partial charge in [0, 0.05) is 6.42 Å². The van der Waals surface area contributed by atoms with Crippen molar-refractivity contribution < 1.29 is 89.4 Å². The number of nitrogens with one attached hydrogen (secondary N) is 1. The summed E-state index contributed by atoms with van der Waals surface area (Å²) in [5, 5.41) is 120. The Kier molecular flexibility index (Phi) is 49.2. The molecule has 0 aliphatic carbocycles. The molecular weight excluding hydrogens is 1180 g/mol. The molecule has 0 radical (unpaired) electrons. The largest absolute Gasteiger partial charge is 0.394 e. The highest BCUT2D eigenvalue weighted by Crippen LogP contribution is 2.33. The zero-order chi connectivity index (χ0) is 66.8. The lowest BCUT2D eigenvalue weighted by molar-refractivity contribution is -0.379. The van der Waals surface area contributed by atoms with Crippen LogP contribution in [0.4, 0.5) is 0 Å². The summed E-state index contributed by atoms with van der Waals surface area (Å²) in [6.45, 7) is 1.56. The fourth-order valence-electron chi connectivity index (χ4n) is 11.9. The Hall–Kier alpha value is -2.77. The monoisotopic (exact) mass is 1310 g/mol. The van der Waals surface area contributed by atoms with Gasteiger partial charge in [-0.3, -0.25) is 4.79 Å². The van der Waals surface area contributed by atoms with Gasteiger partial charge in [-0.1, -0.05) is 241 Å². The summed E-state index contributed by atoms with van der Waals surface area (Å²) in [7, 11) is 0. The lowest BCUT2D eigenvalue weighted by Gasteiger charge is -2.48. The van der Waals surface area contributed by atoms with E-state index in [0.29, 0.717) is 12.8 Å². The lowest BCUT2D eigenvalue weighted by atomic mass is 9.96. The number of hydrogen-bond acceptors (Lipinski definition) is 18. The number of aliphatic hydroxyl groups is 11. The topological polar surface area (TPSA) is 307 Å². The van der Waals surface area contributed by atoms with Gasteiger partial charge in [-0.2, -0.15) is 0 Å². The van der Waals surface area contributed by atoms with Crippen molar-refractivity contribution in [3.8, 4) is 0 Å². The summed E-state index contributed by atoms with van der Waals surface area (Å²) >= 11 is 0. The third-order valence-electron chi connectivity index (χ3n) is 17.7. The Balaban J connectivity index is 1.29. The predicted octanol–water partition coefficient (Wildman–Crippen LogP) is 10.1. The van der Waals surface area contributed by atoms with E-state index in [1.807, 2.05) is 6.08 Å². The van der Waals surface area contributed by atoms with Gasteiger partial charge < -0.3 is 89.9 Å². The number of rotatable bonds is 55. The third kappa shape index (κ3) is 35.5. The number of allylic oxidation sites excluding steroid dienone is 11. The molecule has 1 amide bonds. The first-order chi connectivity index (χ1) is 44.8. The lowest BCUT2D eigenvalue weighted by Crippen LogP contribution is -2.66. The zero-order valence-electron chi connectivity index (χ0n) is 56.5. The molecule has 3 fully saturated rings. The zero-order valence-corrected chi connectivity index (χ0v) is 56.5. The molecule has 19 nitrogen and oxygen atoms in total. The minimum absolute atomic E-state index is 0.232. The predicted molar refractivity (Wildman–Crippen MR) is 360 cm³/mol. The van der Waals surface area contributed by atoms with Crippen molar-refractivity contribution in [2.24, 2.45) is 0 Å². The molecule has 3 rings (SSSR count). The van der Waals surface area contributed by atoms with Gasteiger partial charge in [-0.05, 0) is 77.0 Å². The van der Waals surface area contributed by atoms with E-state index in [1.165, 1.54) is 161 Å². The van der Waals surface area contributed by atoms with Gasteiger partial charge in [0.1, 0.15) is 73.2 Å². The summed E-state index contributed by atoms with van der Waals surface area (Å²) in [5.41, 5.74) is 0. The maximum Gasteiger partial charge on any atom is 0.220 e. The minimum Gasteiger partial charge on any atom is -0.394 e. The standard InChI is InChI=1S/C73H129NO18/c1-3-5-7-9-11-13-15-16-17-18-19-20-21-22-23-24-25-26-27-28-29-30-31-32-33-34-35-36-37-38-39-40-41-43-45-47-49-51-61(79)74-56(57(78)50-48-46-44-42-14-12-10-8-6-4-2)55-87-71-67(85)64(82)69(59(53-76)89-71)92-73-68(86)65(83)70(60(54-77)90-73)91-72-66(84)63(81)62(80)58(52-75)88-72/h6,8,14-16,18-19,21-22,42,48,50,56-60,62-73,75-78,80-86H,3-5,7,9-13,17,20,23-41,43-47,49,51-55H2,1-2H3,(H,74,79)/b8-6+,16-15-,19-18-,22-21-,42-14+,50-48+. The molecule has 12 N–H and O–H groups in total. The second kappa shape index (κ2) is 54.3. The Morgan fingerprint density at radius 2 is 0.761 bits per heavy atom. The number of ether oxygens (including phenoxy) is 6. The van der Waals surface area contributed by atoms with Gasteiger partial charge >= 0.3 is 0 Å². The molecular formula is C73H129NO18. The van der Waals surface area contributed by atoms with Crippen molar-refractivity contribution in [1.82, 2.24) is 5.32 Å². The fraction of sp³-hybridized carbons (Fsp3) is 0.822. The number of aliphatic hydroxyl groups excluding tert-OH is 11. The van der Waals surface area contributed by atoms with E-state index in [2.05, 4.69) is 79.9 Å². The van der Waals surface area contributed by atoms with Crippen molar-refractivity contribution in [1.29, 1.82) is 0 Å². The van der Waals surface area contributed by atoms with Gasteiger partial charge in [0.25, 0.3) is 0 Å². The molecule has 19 heteroatoms. The first-order valence-corrected chi connectivity index (χ1v) is 36.2. The molecule has 0 spiro atoms. The van der Waals surface area contributed by atoms with Crippen LogP contribution < -0.4 is 5.32 Å². The van der Waals surface area contributed by atoms with Crippen LogP contribution in [0.2, 0.25) is 0 Å². The molecule has 0 aromatic carbocycles. The Morgan fingerprint density at radius 3 is 1.21 bits per heavy atom. The molecule has 0 aromatic heterocycles. The van der Waals surface area contributed by atoms with Gasteiger partial charge in [-0.15, -0.1) is 0 Å². The SMILES string of the molecule is CC/C=C/CC/C=C/CC/C=C/C(O)C(COC1OC(CO)C(OC2OC(CO)C(OC3OC(CO)C(O)C(O)C3O)C(O)C2O)C(O)C1O)NC(=O)CCCCCCCCCCCCCCCCCCCCCCCC/C=C\C/C=C\C/C=C\CCCCCCC. The van der Waals surface area contributed by atoms with Crippen LogP contribution in [-0.2, 0) is 33.2 Å². The van der Waals surface area contributed by atoms with E-state index in [0.717, 1.165) is 57.8 Å². The maximum absolute atomic E-state index is 13.4. The molecule has 3 heterocycles. The average Bonchev–Trinajstić information content (AvgIpc) is 0.803. The van der Waals surface area contributed by atoms with E-state index in [4.69, 9.17) is 28.4 Å². The molecule has 0 saturated carbocycles. The van der Waals surface area contributed by atoms with Crippen molar-refractivity contribution >= 4 is 5.91 Å². The Bertz CT molecular complexity index is 1950. The summed E-state index contributed by atoms with van der Waals surface area (Å²) in [6.07, 6.45) is 42.3. The van der Waals surface area contributed by atoms with E-state index >= 15 is 0 Å². The van der Waals surface area contributed by atoms with Crippen molar-refractivity contribution in [3.63, 3.8) is 0 Å². The van der Waals surface area contributed by atoms with E-state index in [9.17, 15) is 61.0 Å². The Labute approximate surface area is 553 Å². The summed E-state index contributed by atoms with van der Waals surface area (Å²) in [5.74, 6) is -0.291. The fourth-order valence-corrected chi connectivity index (χ4v) is 11.9. The molecule has 3 aliphatic heterocycles. The number of carbonyl (C=O) groups is 1. The normalized spacial score (nSPS) is 28.1. The second-order valence-electron chi connectivity index (χ2n) is 25.6. The Morgan fingerprint density at radius 1 is 0.402 bits per heavy atom. The maximum atomic E-state index is 13.4. The van der Waals surface area contributed by atoms with E-state index in [-0.39, 0.29) is 18.9 Å². The molecule has 17 atom stereocenters. The van der Waals surface area contributed by atoms with E-state index in [1.54, 1.807) is 6.08 Å².